The normalized spacial score (nSPS) is 17.8. The first-order valence-corrected chi connectivity index (χ1v) is 9.20. The van der Waals surface area contributed by atoms with E-state index in [4.69, 9.17) is 9.40 Å². The Kier molecular flexibility index (Phi) is 4.06. The molecule has 4 heteroatoms. The van der Waals surface area contributed by atoms with Crippen molar-refractivity contribution in [2.24, 2.45) is 5.41 Å². The topological polar surface area (TPSA) is 46.3 Å². The molecule has 4 rings (SSSR count). The van der Waals surface area contributed by atoms with Crippen molar-refractivity contribution in [3.63, 3.8) is 0 Å². The van der Waals surface area contributed by atoms with Gasteiger partial charge in [-0.25, -0.2) is 4.98 Å². The summed E-state index contributed by atoms with van der Waals surface area (Å²) in [5.74, 6) is 0.813. The summed E-state index contributed by atoms with van der Waals surface area (Å²) < 4.78 is 6.03. The van der Waals surface area contributed by atoms with E-state index in [1.54, 1.807) is 0 Å². The first-order chi connectivity index (χ1) is 12.4. The maximum Gasteiger partial charge on any atom is 0.228 e. The molecule has 1 unspecified atom stereocenters. The van der Waals surface area contributed by atoms with Crippen LogP contribution in [0, 0.1) is 5.41 Å². The number of rotatable bonds is 2. The minimum Gasteiger partial charge on any atom is -0.438 e. The summed E-state index contributed by atoms with van der Waals surface area (Å²) in [5, 5.41) is 0. The smallest absolute Gasteiger partial charge is 0.228 e. The Morgan fingerprint density at radius 3 is 2.62 bits per heavy atom. The SMILES string of the molecule is CC(C)(C)C(=O)N1CCCC1c1nc2cc(-c3ccccc3)ccc2o1. The first-order valence-electron chi connectivity index (χ1n) is 9.20. The Labute approximate surface area is 153 Å². The van der Waals surface area contributed by atoms with Crippen LogP contribution in [0.2, 0.25) is 0 Å². The van der Waals surface area contributed by atoms with Crippen LogP contribution in [0.5, 0.6) is 0 Å². The number of amides is 1. The maximum absolute atomic E-state index is 12.8. The lowest BCUT2D eigenvalue weighted by Gasteiger charge is -2.29. The minimum atomic E-state index is -0.394. The van der Waals surface area contributed by atoms with E-state index in [9.17, 15) is 4.79 Å². The summed E-state index contributed by atoms with van der Waals surface area (Å²) in [6.45, 7) is 6.66. The molecule has 1 amide bonds. The van der Waals surface area contributed by atoms with E-state index >= 15 is 0 Å². The zero-order chi connectivity index (χ0) is 18.3. The van der Waals surface area contributed by atoms with E-state index in [-0.39, 0.29) is 11.9 Å². The predicted octanol–water partition coefficient (Wildman–Crippen LogP) is 5.20. The van der Waals surface area contributed by atoms with Crippen LogP contribution in [0.4, 0.5) is 0 Å². The van der Waals surface area contributed by atoms with Crippen molar-refractivity contribution in [2.45, 2.75) is 39.7 Å². The fraction of sp³-hybridized carbons (Fsp3) is 0.364. The van der Waals surface area contributed by atoms with Crippen molar-refractivity contribution in [3.05, 3.63) is 54.4 Å². The van der Waals surface area contributed by atoms with Crippen molar-refractivity contribution in [1.82, 2.24) is 9.88 Å². The zero-order valence-electron chi connectivity index (χ0n) is 15.5. The highest BCUT2D eigenvalue weighted by atomic mass is 16.3. The van der Waals surface area contributed by atoms with Crippen LogP contribution in [0.1, 0.15) is 45.5 Å². The standard InChI is InChI=1S/C22H24N2O2/c1-22(2,3)21(25)24-13-7-10-18(24)20-23-17-14-16(11-12-19(17)26-20)15-8-5-4-6-9-15/h4-6,8-9,11-12,14,18H,7,10,13H2,1-3H3. The Bertz CT molecular complexity index is 938. The van der Waals surface area contributed by atoms with Gasteiger partial charge in [-0.15, -0.1) is 0 Å². The van der Waals surface area contributed by atoms with Gasteiger partial charge in [0.15, 0.2) is 5.58 Å². The van der Waals surface area contributed by atoms with Crippen molar-refractivity contribution >= 4 is 17.0 Å². The van der Waals surface area contributed by atoms with Crippen LogP contribution >= 0.6 is 0 Å². The molecule has 26 heavy (non-hydrogen) atoms. The van der Waals surface area contributed by atoms with Gasteiger partial charge in [-0.3, -0.25) is 4.79 Å². The third-order valence-electron chi connectivity index (χ3n) is 4.95. The molecule has 1 aromatic heterocycles. The van der Waals surface area contributed by atoms with E-state index in [2.05, 4.69) is 24.3 Å². The van der Waals surface area contributed by atoms with Crippen molar-refractivity contribution in [3.8, 4) is 11.1 Å². The molecule has 1 aliphatic rings. The van der Waals surface area contributed by atoms with Gasteiger partial charge in [0.25, 0.3) is 0 Å². The molecule has 2 heterocycles. The van der Waals surface area contributed by atoms with Crippen LogP contribution in [-0.4, -0.2) is 22.3 Å². The van der Waals surface area contributed by atoms with Gasteiger partial charge in [-0.2, -0.15) is 0 Å². The summed E-state index contributed by atoms with van der Waals surface area (Å²) in [4.78, 5) is 19.4. The van der Waals surface area contributed by atoms with Gasteiger partial charge in [0.05, 0.1) is 0 Å². The molecule has 0 N–H and O–H groups in total. The number of hydrogen-bond acceptors (Lipinski definition) is 3. The van der Waals surface area contributed by atoms with Gasteiger partial charge in [0.2, 0.25) is 11.8 Å². The van der Waals surface area contributed by atoms with Gasteiger partial charge in [-0.05, 0) is 36.1 Å². The number of aromatic nitrogens is 1. The summed E-state index contributed by atoms with van der Waals surface area (Å²) in [5.41, 5.74) is 3.50. The minimum absolute atomic E-state index is 0.0608. The molecular formula is C22H24N2O2. The van der Waals surface area contributed by atoms with Gasteiger partial charge < -0.3 is 9.32 Å². The Hall–Kier alpha value is -2.62. The third-order valence-corrected chi connectivity index (χ3v) is 4.95. The first kappa shape index (κ1) is 16.8. The molecule has 1 atom stereocenters. The second kappa shape index (κ2) is 6.27. The highest BCUT2D eigenvalue weighted by Gasteiger charge is 2.38. The number of benzene rings is 2. The Morgan fingerprint density at radius 1 is 1.12 bits per heavy atom. The average Bonchev–Trinajstić information content (AvgIpc) is 3.26. The summed E-state index contributed by atoms with van der Waals surface area (Å²) >= 11 is 0. The predicted molar refractivity (Wildman–Crippen MR) is 103 cm³/mol. The fourth-order valence-corrected chi connectivity index (χ4v) is 3.60. The molecule has 0 aliphatic carbocycles. The molecule has 0 bridgehead atoms. The van der Waals surface area contributed by atoms with Crippen LogP contribution < -0.4 is 0 Å². The second-order valence-electron chi connectivity index (χ2n) is 8.01. The third kappa shape index (κ3) is 3.00. The lowest BCUT2D eigenvalue weighted by atomic mass is 9.94. The Morgan fingerprint density at radius 2 is 1.88 bits per heavy atom. The number of carbonyl (C=O) groups excluding carboxylic acids is 1. The average molecular weight is 348 g/mol. The van der Waals surface area contributed by atoms with Crippen LogP contribution in [0.15, 0.2) is 52.9 Å². The molecule has 0 radical (unpaired) electrons. The molecule has 1 saturated heterocycles. The summed E-state index contributed by atoms with van der Waals surface area (Å²) in [6.07, 6.45) is 1.89. The van der Waals surface area contributed by atoms with Gasteiger partial charge >= 0.3 is 0 Å². The van der Waals surface area contributed by atoms with Gasteiger partial charge in [0, 0.05) is 12.0 Å². The van der Waals surface area contributed by atoms with Gasteiger partial charge in [-0.1, -0.05) is 57.2 Å². The number of oxazole rings is 1. The monoisotopic (exact) mass is 348 g/mol. The molecule has 4 nitrogen and oxygen atoms in total. The largest absolute Gasteiger partial charge is 0.438 e. The zero-order valence-corrected chi connectivity index (χ0v) is 15.5. The van der Waals surface area contributed by atoms with Crippen molar-refractivity contribution in [2.75, 3.05) is 6.54 Å². The number of fused-ring (bicyclic) bond motifs is 1. The quantitative estimate of drug-likeness (QED) is 0.639. The number of hydrogen-bond donors (Lipinski definition) is 0. The van der Waals surface area contributed by atoms with Crippen LogP contribution in [0.25, 0.3) is 22.2 Å². The highest BCUT2D eigenvalue weighted by Crippen LogP contribution is 2.36. The lowest BCUT2D eigenvalue weighted by molar-refractivity contribution is -0.140. The lowest BCUT2D eigenvalue weighted by Crippen LogP contribution is -2.39. The number of carbonyl (C=O) groups is 1. The molecular weight excluding hydrogens is 324 g/mol. The van der Waals surface area contributed by atoms with Gasteiger partial charge in [0.1, 0.15) is 11.6 Å². The molecule has 2 aromatic carbocycles. The molecule has 134 valence electrons. The molecule has 0 saturated carbocycles. The van der Waals surface area contributed by atoms with E-state index < -0.39 is 5.41 Å². The van der Waals surface area contributed by atoms with Crippen molar-refractivity contribution < 1.29 is 9.21 Å². The fourth-order valence-electron chi connectivity index (χ4n) is 3.60. The van der Waals surface area contributed by atoms with E-state index in [0.29, 0.717) is 5.89 Å². The number of likely N-dealkylation sites (tertiary alicyclic amines) is 1. The van der Waals surface area contributed by atoms with E-state index in [1.165, 1.54) is 0 Å². The molecule has 3 aromatic rings. The molecule has 1 fully saturated rings. The number of nitrogens with zero attached hydrogens (tertiary/aromatic N) is 2. The second-order valence-corrected chi connectivity index (χ2v) is 8.01. The van der Waals surface area contributed by atoms with Crippen LogP contribution in [-0.2, 0) is 4.79 Å². The van der Waals surface area contributed by atoms with E-state index in [0.717, 1.165) is 41.6 Å². The molecule has 0 spiro atoms. The molecule has 1 aliphatic heterocycles. The maximum atomic E-state index is 12.8. The van der Waals surface area contributed by atoms with Crippen molar-refractivity contribution in [1.29, 1.82) is 0 Å². The summed E-state index contributed by atoms with van der Waals surface area (Å²) in [7, 11) is 0. The Balaban J connectivity index is 1.68. The summed E-state index contributed by atoms with van der Waals surface area (Å²) in [6, 6.07) is 16.3. The van der Waals surface area contributed by atoms with E-state index in [1.807, 2.05) is 49.9 Å². The van der Waals surface area contributed by atoms with Crippen LogP contribution in [0.3, 0.4) is 0 Å². The highest BCUT2D eigenvalue weighted by molar-refractivity contribution is 5.83.